The Balaban J connectivity index is 1.76. The fourth-order valence-electron chi connectivity index (χ4n) is 2.37. The maximum atomic E-state index is 14.8. The average Bonchev–Trinajstić information content (AvgIpc) is 3.26. The number of rotatable bonds is 4. The van der Waals surface area contributed by atoms with E-state index in [2.05, 4.69) is 25.5 Å². The number of halogens is 2. The third-order valence-electron chi connectivity index (χ3n) is 3.53. The van der Waals surface area contributed by atoms with Crippen molar-refractivity contribution in [2.24, 2.45) is 0 Å². The van der Waals surface area contributed by atoms with Gasteiger partial charge >= 0.3 is 0 Å². The minimum atomic E-state index is -1.56. The van der Waals surface area contributed by atoms with E-state index in [4.69, 9.17) is 0 Å². The van der Waals surface area contributed by atoms with Gasteiger partial charge in [-0.2, -0.15) is 10.1 Å². The number of alkyl halides is 1. The zero-order valence-electron chi connectivity index (χ0n) is 12.3. The van der Waals surface area contributed by atoms with Crippen LogP contribution < -0.4 is 5.32 Å². The summed E-state index contributed by atoms with van der Waals surface area (Å²) in [6.07, 6.45) is 1.86. The van der Waals surface area contributed by atoms with Gasteiger partial charge in [0.1, 0.15) is 11.5 Å². The van der Waals surface area contributed by atoms with Gasteiger partial charge in [-0.15, -0.1) is 0 Å². The number of anilines is 2. The Hall–Kier alpha value is -3.29. The lowest BCUT2D eigenvalue weighted by Gasteiger charge is -2.11. The third kappa shape index (κ3) is 2.58. The molecule has 120 valence electrons. The van der Waals surface area contributed by atoms with Crippen molar-refractivity contribution in [3.8, 4) is 0 Å². The van der Waals surface area contributed by atoms with E-state index in [9.17, 15) is 8.78 Å². The minimum absolute atomic E-state index is 0.00848. The number of H-pyrrole nitrogens is 1. The lowest BCUT2D eigenvalue weighted by Crippen LogP contribution is -2.09. The van der Waals surface area contributed by atoms with E-state index in [0.717, 1.165) is 0 Å². The van der Waals surface area contributed by atoms with Crippen LogP contribution in [0.15, 0.2) is 54.9 Å². The molecule has 0 spiro atoms. The molecule has 4 aromatic rings. The van der Waals surface area contributed by atoms with Gasteiger partial charge in [-0.3, -0.25) is 9.50 Å². The Kier molecular flexibility index (Phi) is 3.42. The maximum Gasteiger partial charge on any atom is 0.216 e. The van der Waals surface area contributed by atoms with Gasteiger partial charge in [0.15, 0.2) is 17.8 Å². The van der Waals surface area contributed by atoms with E-state index in [0.29, 0.717) is 17.4 Å². The van der Waals surface area contributed by atoms with E-state index >= 15 is 0 Å². The van der Waals surface area contributed by atoms with Crippen LogP contribution in [0.1, 0.15) is 17.6 Å². The number of nitrogens with one attached hydrogen (secondary N) is 2. The van der Waals surface area contributed by atoms with E-state index in [1.807, 2.05) is 0 Å². The normalized spacial score (nSPS) is 12.4. The molecule has 24 heavy (non-hydrogen) atoms. The lowest BCUT2D eigenvalue weighted by atomic mass is 10.1. The number of fused-ring (bicyclic) bond motifs is 1. The van der Waals surface area contributed by atoms with Crippen molar-refractivity contribution in [3.05, 3.63) is 72.1 Å². The largest absolute Gasteiger partial charge is 0.308 e. The Labute approximate surface area is 135 Å². The Morgan fingerprint density at radius 3 is 2.67 bits per heavy atom. The predicted molar refractivity (Wildman–Crippen MR) is 84.2 cm³/mol. The molecule has 3 heterocycles. The van der Waals surface area contributed by atoms with Crippen LogP contribution in [0.25, 0.3) is 5.65 Å². The fraction of sp³-hybridized carbons (Fsp3) is 0.0625. The van der Waals surface area contributed by atoms with Crippen molar-refractivity contribution in [2.45, 2.75) is 6.17 Å². The van der Waals surface area contributed by atoms with Gasteiger partial charge in [0.05, 0.1) is 0 Å². The van der Waals surface area contributed by atoms with Gasteiger partial charge in [-0.05, 0) is 29.8 Å². The molecule has 0 saturated heterocycles. The molecule has 6 nitrogen and oxygen atoms in total. The van der Waals surface area contributed by atoms with Gasteiger partial charge in [0.2, 0.25) is 5.95 Å². The van der Waals surface area contributed by atoms with Crippen molar-refractivity contribution in [1.29, 1.82) is 0 Å². The first-order valence-corrected chi connectivity index (χ1v) is 7.22. The minimum Gasteiger partial charge on any atom is -0.308 e. The molecule has 0 saturated carbocycles. The highest BCUT2D eigenvalue weighted by Crippen LogP contribution is 2.26. The van der Waals surface area contributed by atoms with Crippen molar-refractivity contribution < 1.29 is 8.78 Å². The Morgan fingerprint density at radius 1 is 1.08 bits per heavy atom. The van der Waals surface area contributed by atoms with E-state index in [1.54, 1.807) is 35.0 Å². The molecule has 0 aliphatic rings. The second-order valence-corrected chi connectivity index (χ2v) is 5.14. The summed E-state index contributed by atoms with van der Waals surface area (Å²) in [5.74, 6) is 0.504. The molecule has 3 aromatic heterocycles. The average molecular weight is 326 g/mol. The highest BCUT2D eigenvalue weighted by Gasteiger charge is 2.19. The second-order valence-electron chi connectivity index (χ2n) is 5.14. The number of hydrogen-bond donors (Lipinski definition) is 2. The number of aromatic amines is 1. The summed E-state index contributed by atoms with van der Waals surface area (Å²) in [6, 6.07) is 10.4. The van der Waals surface area contributed by atoms with Crippen LogP contribution in [0.3, 0.4) is 0 Å². The predicted octanol–water partition coefficient (Wildman–Crippen LogP) is 3.39. The number of aromatic nitrogens is 5. The molecule has 0 amide bonds. The van der Waals surface area contributed by atoms with Crippen LogP contribution in [-0.4, -0.2) is 24.6 Å². The maximum absolute atomic E-state index is 14.8. The first kappa shape index (κ1) is 14.3. The zero-order chi connectivity index (χ0) is 16.5. The summed E-state index contributed by atoms with van der Waals surface area (Å²) in [7, 11) is 0. The molecular weight excluding hydrogens is 314 g/mol. The van der Waals surface area contributed by atoms with E-state index in [1.165, 1.54) is 24.3 Å². The molecule has 8 heteroatoms. The first-order chi connectivity index (χ1) is 11.7. The fourth-order valence-corrected chi connectivity index (χ4v) is 2.37. The van der Waals surface area contributed by atoms with Gasteiger partial charge in [0, 0.05) is 18.5 Å². The number of nitrogens with zero attached hydrogens (tertiary/aromatic N) is 4. The highest BCUT2D eigenvalue weighted by molar-refractivity contribution is 5.53. The third-order valence-corrected chi connectivity index (χ3v) is 3.53. The monoisotopic (exact) mass is 326 g/mol. The van der Waals surface area contributed by atoms with Gasteiger partial charge in [0.25, 0.3) is 0 Å². The topological polar surface area (TPSA) is 70.9 Å². The highest BCUT2D eigenvalue weighted by atomic mass is 19.1. The van der Waals surface area contributed by atoms with Gasteiger partial charge in [-0.25, -0.2) is 13.8 Å². The van der Waals surface area contributed by atoms with Crippen LogP contribution in [-0.2, 0) is 0 Å². The van der Waals surface area contributed by atoms with Crippen molar-refractivity contribution in [2.75, 3.05) is 5.32 Å². The van der Waals surface area contributed by atoms with Crippen LogP contribution in [0, 0.1) is 5.82 Å². The van der Waals surface area contributed by atoms with Crippen LogP contribution >= 0.6 is 0 Å². The first-order valence-electron chi connectivity index (χ1n) is 7.22. The number of benzene rings is 1. The summed E-state index contributed by atoms with van der Waals surface area (Å²) in [5, 5.41) is 9.70. The van der Waals surface area contributed by atoms with E-state index < -0.39 is 12.0 Å². The molecule has 2 N–H and O–H groups in total. The van der Waals surface area contributed by atoms with Crippen LogP contribution in [0.2, 0.25) is 0 Å². The quantitative estimate of drug-likeness (QED) is 0.603. The second kappa shape index (κ2) is 5.73. The SMILES string of the molecule is Fc1ccc(C(F)c2nc(Nc3cc[nH]n3)n3cccc3n2)cc1. The van der Waals surface area contributed by atoms with Crippen molar-refractivity contribution in [3.63, 3.8) is 0 Å². The molecule has 0 fully saturated rings. The summed E-state index contributed by atoms with van der Waals surface area (Å²) < 4.78 is 29.5. The lowest BCUT2D eigenvalue weighted by molar-refractivity contribution is 0.383. The van der Waals surface area contributed by atoms with Gasteiger partial charge in [-0.1, -0.05) is 12.1 Å². The molecule has 1 aromatic carbocycles. The molecule has 0 aliphatic heterocycles. The molecule has 0 bridgehead atoms. The van der Waals surface area contributed by atoms with E-state index in [-0.39, 0.29) is 11.4 Å². The summed E-state index contributed by atoms with van der Waals surface area (Å²) in [5.41, 5.74) is 0.834. The molecule has 4 rings (SSSR count). The van der Waals surface area contributed by atoms with Crippen molar-refractivity contribution >= 4 is 17.4 Å². The molecule has 0 radical (unpaired) electrons. The Bertz CT molecular complexity index is 962. The molecular formula is C16H12F2N6. The van der Waals surface area contributed by atoms with Crippen LogP contribution in [0.4, 0.5) is 20.5 Å². The number of hydrogen-bond acceptors (Lipinski definition) is 4. The summed E-state index contributed by atoms with van der Waals surface area (Å²) in [4.78, 5) is 8.50. The smallest absolute Gasteiger partial charge is 0.216 e. The summed E-state index contributed by atoms with van der Waals surface area (Å²) in [6.45, 7) is 0. The Morgan fingerprint density at radius 2 is 1.92 bits per heavy atom. The van der Waals surface area contributed by atoms with Gasteiger partial charge < -0.3 is 5.32 Å². The molecule has 0 aliphatic carbocycles. The molecule has 1 atom stereocenters. The summed E-state index contributed by atoms with van der Waals surface area (Å²) >= 11 is 0. The van der Waals surface area contributed by atoms with Crippen LogP contribution in [0.5, 0.6) is 0 Å². The standard InChI is InChI=1S/C16H12F2N6/c17-11-5-3-10(4-6-11)14(18)15-21-13-2-1-9-24(13)16(22-15)20-12-7-8-19-23-12/h1-9,14H,(H2,19,20,21,22,23). The van der Waals surface area contributed by atoms with Crippen molar-refractivity contribution in [1.82, 2.24) is 24.6 Å². The zero-order valence-corrected chi connectivity index (χ0v) is 12.3. The molecule has 1 unspecified atom stereocenters.